The Morgan fingerprint density at radius 1 is 1.20 bits per heavy atom. The van der Waals surface area contributed by atoms with E-state index in [1.807, 2.05) is 0 Å². The van der Waals surface area contributed by atoms with Crippen LogP contribution in [0.25, 0.3) is 0 Å². The van der Waals surface area contributed by atoms with E-state index in [1.54, 1.807) is 32.1 Å². The van der Waals surface area contributed by atoms with Crippen LogP contribution >= 0.6 is 0 Å². The fraction of sp³-hybridized carbons (Fsp3) is 1.00. The molecule has 0 aromatic heterocycles. The minimum absolute atomic E-state index is 0.931. The maximum atomic E-state index is 2.49. The number of fused-ring (bicyclic) bond motifs is 1. The van der Waals surface area contributed by atoms with Crippen LogP contribution in [0.1, 0.15) is 39.0 Å². The summed E-state index contributed by atoms with van der Waals surface area (Å²) in [4.78, 5) is 0. The fourth-order valence-electron chi connectivity index (χ4n) is 3.81. The Morgan fingerprint density at radius 3 is 2.50 bits per heavy atom. The fourth-order valence-corrected chi connectivity index (χ4v) is 3.81. The Kier molecular flexibility index (Phi) is 0.810. The van der Waals surface area contributed by atoms with Crippen molar-refractivity contribution in [1.29, 1.82) is 0 Å². The third-order valence-corrected chi connectivity index (χ3v) is 4.49. The van der Waals surface area contributed by atoms with Gasteiger partial charge in [-0.1, -0.05) is 13.3 Å². The van der Waals surface area contributed by atoms with Gasteiger partial charge >= 0.3 is 0 Å². The molecule has 3 aliphatic rings. The Hall–Kier alpha value is 0. The van der Waals surface area contributed by atoms with Crippen molar-refractivity contribution in [2.45, 2.75) is 39.0 Å². The van der Waals surface area contributed by atoms with Gasteiger partial charge in [-0.05, 0) is 48.9 Å². The van der Waals surface area contributed by atoms with Crippen molar-refractivity contribution in [2.75, 3.05) is 0 Å². The second-order valence-electron chi connectivity index (χ2n) is 4.67. The second kappa shape index (κ2) is 1.44. The first-order chi connectivity index (χ1) is 4.86. The molecule has 0 saturated heterocycles. The highest BCUT2D eigenvalue weighted by molar-refractivity contribution is 5.17. The highest BCUT2D eigenvalue weighted by Crippen LogP contribution is 2.76. The van der Waals surface area contributed by atoms with Crippen LogP contribution in [0.2, 0.25) is 0 Å². The molecule has 3 rings (SSSR count). The Bertz CT molecular complexity index is 165. The molecule has 0 nitrogen and oxygen atoms in total. The van der Waals surface area contributed by atoms with Gasteiger partial charge in [0.25, 0.3) is 0 Å². The Morgan fingerprint density at radius 2 is 2.00 bits per heavy atom. The average Bonchev–Trinajstić information content (AvgIpc) is 2.80. The van der Waals surface area contributed by atoms with E-state index in [1.165, 1.54) is 11.8 Å². The van der Waals surface area contributed by atoms with Gasteiger partial charge < -0.3 is 0 Å². The summed E-state index contributed by atoms with van der Waals surface area (Å²) >= 11 is 0. The minimum Gasteiger partial charge on any atom is -0.0617 e. The molecular formula is C10H16. The molecule has 0 bridgehead atoms. The molecule has 0 heteroatoms. The van der Waals surface area contributed by atoms with Gasteiger partial charge in [0.2, 0.25) is 0 Å². The van der Waals surface area contributed by atoms with E-state index < -0.39 is 0 Å². The van der Waals surface area contributed by atoms with Gasteiger partial charge in [0.1, 0.15) is 0 Å². The van der Waals surface area contributed by atoms with E-state index in [2.05, 4.69) is 6.92 Å². The quantitative estimate of drug-likeness (QED) is 0.520. The van der Waals surface area contributed by atoms with Crippen LogP contribution < -0.4 is 0 Å². The molecule has 3 atom stereocenters. The molecule has 3 unspecified atom stereocenters. The third kappa shape index (κ3) is 0.436. The van der Waals surface area contributed by atoms with Gasteiger partial charge in [-0.25, -0.2) is 0 Å². The largest absolute Gasteiger partial charge is 0.0617 e. The standard InChI is InChI=1S/C10H16/c1-7-9-3-2-6-10(7,9)8-4-5-8/h7-9H,2-6H2,1H3. The van der Waals surface area contributed by atoms with Gasteiger partial charge in [0.05, 0.1) is 0 Å². The Labute approximate surface area is 63.0 Å². The van der Waals surface area contributed by atoms with Crippen molar-refractivity contribution in [1.82, 2.24) is 0 Å². The zero-order valence-electron chi connectivity index (χ0n) is 6.77. The lowest BCUT2D eigenvalue weighted by Crippen LogP contribution is -2.03. The molecule has 0 N–H and O–H groups in total. The van der Waals surface area contributed by atoms with Gasteiger partial charge in [0, 0.05) is 0 Å². The zero-order valence-corrected chi connectivity index (χ0v) is 6.77. The van der Waals surface area contributed by atoms with Crippen LogP contribution in [0, 0.1) is 23.2 Å². The first-order valence-corrected chi connectivity index (χ1v) is 4.86. The summed E-state index contributed by atoms with van der Waals surface area (Å²) in [6.07, 6.45) is 7.84. The molecule has 0 aliphatic heterocycles. The number of hydrogen-bond donors (Lipinski definition) is 0. The number of hydrogen-bond acceptors (Lipinski definition) is 0. The summed E-state index contributed by atoms with van der Waals surface area (Å²) in [6, 6.07) is 0. The third-order valence-electron chi connectivity index (χ3n) is 4.49. The summed E-state index contributed by atoms with van der Waals surface area (Å²) in [5.74, 6) is 3.49. The molecule has 10 heavy (non-hydrogen) atoms. The van der Waals surface area contributed by atoms with E-state index >= 15 is 0 Å². The van der Waals surface area contributed by atoms with Crippen molar-refractivity contribution in [3.63, 3.8) is 0 Å². The molecule has 0 heterocycles. The number of rotatable bonds is 1. The van der Waals surface area contributed by atoms with Crippen molar-refractivity contribution in [3.8, 4) is 0 Å². The molecule has 3 aliphatic carbocycles. The van der Waals surface area contributed by atoms with E-state index in [0.29, 0.717) is 0 Å². The first kappa shape index (κ1) is 5.62. The van der Waals surface area contributed by atoms with E-state index in [0.717, 1.165) is 11.3 Å². The predicted molar refractivity (Wildman–Crippen MR) is 41.7 cm³/mol. The molecule has 0 aromatic carbocycles. The van der Waals surface area contributed by atoms with Crippen LogP contribution in [0.3, 0.4) is 0 Å². The molecule has 0 radical (unpaired) electrons. The van der Waals surface area contributed by atoms with Crippen LogP contribution in [0.4, 0.5) is 0 Å². The van der Waals surface area contributed by atoms with Gasteiger partial charge in [0.15, 0.2) is 0 Å². The molecule has 3 saturated carbocycles. The lowest BCUT2D eigenvalue weighted by Gasteiger charge is -2.10. The van der Waals surface area contributed by atoms with Crippen LogP contribution in [0.5, 0.6) is 0 Å². The Balaban J connectivity index is 1.90. The monoisotopic (exact) mass is 136 g/mol. The highest BCUT2D eigenvalue weighted by atomic mass is 14.7. The maximum absolute atomic E-state index is 2.49. The smallest absolute Gasteiger partial charge is 0.0210 e. The van der Waals surface area contributed by atoms with Crippen LogP contribution in [0.15, 0.2) is 0 Å². The molecule has 0 spiro atoms. The minimum atomic E-state index is 0.931. The van der Waals surface area contributed by atoms with Crippen molar-refractivity contribution < 1.29 is 0 Å². The molecule has 0 amide bonds. The molecule has 3 fully saturated rings. The van der Waals surface area contributed by atoms with E-state index in [4.69, 9.17) is 0 Å². The van der Waals surface area contributed by atoms with Gasteiger partial charge in [-0.2, -0.15) is 0 Å². The average molecular weight is 136 g/mol. The molecule has 0 aromatic rings. The SMILES string of the molecule is CC1C2CCCC12C1CC1. The lowest BCUT2D eigenvalue weighted by atomic mass is 9.94. The predicted octanol–water partition coefficient (Wildman–Crippen LogP) is 2.83. The van der Waals surface area contributed by atoms with Crippen LogP contribution in [-0.4, -0.2) is 0 Å². The van der Waals surface area contributed by atoms with E-state index in [-0.39, 0.29) is 0 Å². The van der Waals surface area contributed by atoms with Crippen molar-refractivity contribution in [3.05, 3.63) is 0 Å². The van der Waals surface area contributed by atoms with Crippen molar-refractivity contribution >= 4 is 0 Å². The summed E-state index contributed by atoms with van der Waals surface area (Å²) in [7, 11) is 0. The molecule has 56 valence electrons. The van der Waals surface area contributed by atoms with Gasteiger partial charge in [-0.3, -0.25) is 0 Å². The lowest BCUT2D eigenvalue weighted by molar-refractivity contribution is 0.386. The second-order valence-corrected chi connectivity index (χ2v) is 4.67. The van der Waals surface area contributed by atoms with Gasteiger partial charge in [-0.15, -0.1) is 0 Å². The summed E-state index contributed by atoms with van der Waals surface area (Å²) < 4.78 is 0. The first-order valence-electron chi connectivity index (χ1n) is 4.86. The zero-order chi connectivity index (χ0) is 6.77. The summed E-state index contributed by atoms with van der Waals surface area (Å²) in [6.45, 7) is 2.49. The maximum Gasteiger partial charge on any atom is -0.0210 e. The summed E-state index contributed by atoms with van der Waals surface area (Å²) in [5.41, 5.74) is 0.931. The summed E-state index contributed by atoms with van der Waals surface area (Å²) in [5, 5.41) is 0. The topological polar surface area (TPSA) is 0 Å². The normalized spacial score (nSPS) is 58.5. The molecular weight excluding hydrogens is 120 g/mol. The van der Waals surface area contributed by atoms with Crippen LogP contribution in [-0.2, 0) is 0 Å². The highest BCUT2D eigenvalue weighted by Gasteiger charge is 2.69. The van der Waals surface area contributed by atoms with Crippen molar-refractivity contribution in [2.24, 2.45) is 23.2 Å². The van der Waals surface area contributed by atoms with E-state index in [9.17, 15) is 0 Å².